The summed E-state index contributed by atoms with van der Waals surface area (Å²) in [6.45, 7) is 9.47. The van der Waals surface area contributed by atoms with Crippen LogP contribution in [-0.4, -0.2) is 75.8 Å². The number of carbonyl (C=O) groups is 1. The molecule has 0 radical (unpaired) electrons. The van der Waals surface area contributed by atoms with Crippen LogP contribution in [0.15, 0.2) is 24.3 Å². The molecule has 1 N–H and O–H groups in total. The Bertz CT molecular complexity index is 845. The van der Waals surface area contributed by atoms with Gasteiger partial charge in [-0.15, -0.1) is 5.10 Å². The van der Waals surface area contributed by atoms with E-state index in [1.54, 1.807) is 16.8 Å². The predicted molar refractivity (Wildman–Crippen MR) is 104 cm³/mol. The van der Waals surface area contributed by atoms with Crippen molar-refractivity contribution in [2.45, 2.75) is 32.2 Å². The molecule has 1 atom stereocenters. The number of rotatable bonds is 4. The highest BCUT2D eigenvalue weighted by Gasteiger charge is 2.33. The normalized spacial score (nSPS) is 20.9. The number of piperazine rings is 1. The lowest BCUT2D eigenvalue weighted by Gasteiger charge is -2.32. The van der Waals surface area contributed by atoms with Crippen molar-refractivity contribution in [1.29, 1.82) is 0 Å². The highest BCUT2D eigenvalue weighted by atomic mass is 19.1. The average molecular weight is 386 g/mol. The second-order valence-corrected chi connectivity index (χ2v) is 7.82. The SMILES string of the molecule is CC(C)c1nc(C(=O)N2CCC(N3CCNCC3)C2)nn1-c1cccc(F)c1. The number of amides is 1. The molecule has 1 aromatic carbocycles. The number of hydrogen-bond acceptors (Lipinski definition) is 5. The summed E-state index contributed by atoms with van der Waals surface area (Å²) in [6, 6.07) is 6.61. The number of nitrogens with one attached hydrogen (secondary N) is 1. The van der Waals surface area contributed by atoms with Gasteiger partial charge in [0.05, 0.1) is 5.69 Å². The van der Waals surface area contributed by atoms with Crippen LogP contribution in [0.1, 0.15) is 42.6 Å². The van der Waals surface area contributed by atoms with Crippen LogP contribution in [0, 0.1) is 5.82 Å². The van der Waals surface area contributed by atoms with E-state index in [1.165, 1.54) is 12.1 Å². The van der Waals surface area contributed by atoms with Crippen LogP contribution in [0.2, 0.25) is 0 Å². The van der Waals surface area contributed by atoms with E-state index < -0.39 is 0 Å². The summed E-state index contributed by atoms with van der Waals surface area (Å²) < 4.78 is 15.3. The number of aromatic nitrogens is 3. The zero-order valence-corrected chi connectivity index (χ0v) is 16.4. The zero-order valence-electron chi connectivity index (χ0n) is 16.4. The van der Waals surface area contributed by atoms with Crippen LogP contribution in [-0.2, 0) is 0 Å². The topological polar surface area (TPSA) is 66.3 Å². The molecule has 2 aliphatic rings. The molecular weight excluding hydrogens is 359 g/mol. The van der Waals surface area contributed by atoms with Gasteiger partial charge in [-0.05, 0) is 24.6 Å². The van der Waals surface area contributed by atoms with E-state index in [1.807, 2.05) is 18.7 Å². The van der Waals surface area contributed by atoms with Crippen LogP contribution in [0.4, 0.5) is 4.39 Å². The second kappa shape index (κ2) is 7.97. The molecule has 2 aliphatic heterocycles. The Morgan fingerprint density at radius 1 is 1.25 bits per heavy atom. The Labute approximate surface area is 164 Å². The molecule has 2 fully saturated rings. The van der Waals surface area contributed by atoms with Gasteiger partial charge in [-0.1, -0.05) is 19.9 Å². The molecule has 1 unspecified atom stereocenters. The van der Waals surface area contributed by atoms with E-state index in [-0.39, 0.29) is 23.5 Å². The Morgan fingerprint density at radius 2 is 2.04 bits per heavy atom. The van der Waals surface area contributed by atoms with Gasteiger partial charge in [0.15, 0.2) is 0 Å². The molecule has 0 bridgehead atoms. The number of nitrogens with zero attached hydrogens (tertiary/aromatic N) is 5. The predicted octanol–water partition coefficient (Wildman–Crippen LogP) is 1.65. The molecule has 8 heteroatoms. The molecule has 1 aromatic heterocycles. The first-order valence-electron chi connectivity index (χ1n) is 10.00. The number of likely N-dealkylation sites (tertiary alicyclic amines) is 1. The summed E-state index contributed by atoms with van der Waals surface area (Å²) in [4.78, 5) is 21.9. The maximum Gasteiger partial charge on any atom is 0.293 e. The van der Waals surface area contributed by atoms with Gasteiger partial charge in [0, 0.05) is 51.2 Å². The number of carbonyl (C=O) groups excluding carboxylic acids is 1. The van der Waals surface area contributed by atoms with Crippen molar-refractivity contribution < 1.29 is 9.18 Å². The third-order valence-corrected chi connectivity index (χ3v) is 5.51. The van der Waals surface area contributed by atoms with Gasteiger partial charge in [0.1, 0.15) is 11.6 Å². The first-order valence-corrected chi connectivity index (χ1v) is 10.00. The molecule has 2 saturated heterocycles. The molecular formula is C20H27FN6O. The van der Waals surface area contributed by atoms with E-state index >= 15 is 0 Å². The number of benzene rings is 1. The smallest absolute Gasteiger partial charge is 0.293 e. The lowest BCUT2D eigenvalue weighted by atomic mass is 10.2. The van der Waals surface area contributed by atoms with Gasteiger partial charge in [-0.3, -0.25) is 9.69 Å². The Morgan fingerprint density at radius 3 is 2.75 bits per heavy atom. The van der Waals surface area contributed by atoms with Crippen molar-refractivity contribution >= 4 is 5.91 Å². The number of hydrogen-bond donors (Lipinski definition) is 1. The van der Waals surface area contributed by atoms with Crippen LogP contribution < -0.4 is 5.32 Å². The summed E-state index contributed by atoms with van der Waals surface area (Å²) in [5.41, 5.74) is 0.579. The molecule has 28 heavy (non-hydrogen) atoms. The van der Waals surface area contributed by atoms with E-state index in [9.17, 15) is 9.18 Å². The largest absolute Gasteiger partial charge is 0.334 e. The van der Waals surface area contributed by atoms with Crippen molar-refractivity contribution in [2.75, 3.05) is 39.3 Å². The van der Waals surface area contributed by atoms with Gasteiger partial charge < -0.3 is 10.2 Å². The molecule has 0 aliphatic carbocycles. The standard InChI is InChI=1S/C20H27FN6O/c1-14(2)19-23-18(24-27(19)16-5-3-4-15(21)12-16)20(28)26-9-6-17(13-26)25-10-7-22-8-11-25/h3-5,12,14,17,22H,6-11,13H2,1-2H3. The maximum absolute atomic E-state index is 13.7. The molecule has 1 amide bonds. The third kappa shape index (κ3) is 3.79. The summed E-state index contributed by atoms with van der Waals surface area (Å²) in [5, 5.41) is 7.81. The first-order chi connectivity index (χ1) is 13.5. The third-order valence-electron chi connectivity index (χ3n) is 5.51. The van der Waals surface area contributed by atoms with Crippen molar-refractivity contribution in [1.82, 2.24) is 29.9 Å². The molecule has 0 saturated carbocycles. The van der Waals surface area contributed by atoms with E-state index in [4.69, 9.17) is 0 Å². The lowest BCUT2D eigenvalue weighted by Crippen LogP contribution is -2.49. The fourth-order valence-corrected chi connectivity index (χ4v) is 4.00. The van der Waals surface area contributed by atoms with Gasteiger partial charge >= 0.3 is 0 Å². The first kappa shape index (κ1) is 19.0. The van der Waals surface area contributed by atoms with Crippen LogP contribution in [0.3, 0.4) is 0 Å². The monoisotopic (exact) mass is 386 g/mol. The van der Waals surface area contributed by atoms with E-state index in [0.717, 1.165) is 39.1 Å². The maximum atomic E-state index is 13.7. The summed E-state index contributed by atoms with van der Waals surface area (Å²) in [7, 11) is 0. The fraction of sp³-hybridized carbons (Fsp3) is 0.550. The van der Waals surface area contributed by atoms with Crippen molar-refractivity contribution in [3.8, 4) is 5.69 Å². The minimum absolute atomic E-state index is 0.0597. The lowest BCUT2D eigenvalue weighted by molar-refractivity contribution is 0.0761. The molecule has 150 valence electrons. The highest BCUT2D eigenvalue weighted by molar-refractivity contribution is 5.90. The Balaban J connectivity index is 1.54. The van der Waals surface area contributed by atoms with Gasteiger partial charge in [-0.2, -0.15) is 0 Å². The van der Waals surface area contributed by atoms with Crippen LogP contribution in [0.25, 0.3) is 5.69 Å². The Kier molecular flexibility index (Phi) is 5.41. The van der Waals surface area contributed by atoms with Crippen molar-refractivity contribution in [3.05, 3.63) is 41.7 Å². The second-order valence-electron chi connectivity index (χ2n) is 7.82. The van der Waals surface area contributed by atoms with Crippen molar-refractivity contribution in [2.24, 2.45) is 0 Å². The summed E-state index contributed by atoms with van der Waals surface area (Å²) >= 11 is 0. The minimum Gasteiger partial charge on any atom is -0.334 e. The van der Waals surface area contributed by atoms with E-state index in [2.05, 4.69) is 20.3 Å². The quantitative estimate of drug-likeness (QED) is 0.866. The zero-order chi connectivity index (χ0) is 19.7. The average Bonchev–Trinajstić information content (AvgIpc) is 3.36. The van der Waals surface area contributed by atoms with Gasteiger partial charge in [0.2, 0.25) is 5.82 Å². The van der Waals surface area contributed by atoms with E-state index in [0.29, 0.717) is 24.1 Å². The Hall–Kier alpha value is -2.32. The molecule has 3 heterocycles. The van der Waals surface area contributed by atoms with Gasteiger partial charge in [-0.25, -0.2) is 14.1 Å². The van der Waals surface area contributed by atoms with Crippen LogP contribution >= 0.6 is 0 Å². The minimum atomic E-state index is -0.339. The summed E-state index contributed by atoms with van der Waals surface area (Å²) in [6.07, 6.45) is 0.980. The molecule has 0 spiro atoms. The summed E-state index contributed by atoms with van der Waals surface area (Å²) in [5.74, 6) is 0.425. The number of halogens is 1. The molecule has 2 aromatic rings. The van der Waals surface area contributed by atoms with Gasteiger partial charge in [0.25, 0.3) is 5.91 Å². The highest BCUT2D eigenvalue weighted by Crippen LogP contribution is 2.21. The molecule has 7 nitrogen and oxygen atoms in total. The fourth-order valence-electron chi connectivity index (χ4n) is 4.00. The van der Waals surface area contributed by atoms with Crippen LogP contribution in [0.5, 0.6) is 0 Å². The van der Waals surface area contributed by atoms with Crippen molar-refractivity contribution in [3.63, 3.8) is 0 Å². The molecule has 4 rings (SSSR count).